The fraction of sp³-hybridized carbons (Fsp3) is 0.400. The molecule has 422 valence electrons. The van der Waals surface area contributed by atoms with E-state index < -0.39 is 0 Å². The quantitative estimate of drug-likeness (QED) is 0.00929. The van der Waals surface area contributed by atoms with Gasteiger partial charge in [-0.05, 0) is 179 Å². The molecule has 6 rings (SSSR count). The van der Waals surface area contributed by atoms with Gasteiger partial charge in [-0.3, -0.25) is 0 Å². The molecule has 0 atom stereocenters. The SMILES string of the molecule is C=CCOOCCCCCCOc1ccc(-c2ncc(C(=C)c3ccc(OCCCCCCOC(=O)C=C)cc3)cn2)cc1.OCCCCCCOc1ccc(Cc2cnc(-c3ccc(OCCCCCCO)cc3)nc2)cc1. The Morgan fingerprint density at radius 2 is 0.823 bits per heavy atom. The van der Waals surface area contributed by atoms with Crippen LogP contribution in [0.3, 0.4) is 0 Å². The minimum Gasteiger partial charge on any atom is -0.494 e. The highest BCUT2D eigenvalue weighted by atomic mass is 17.2. The van der Waals surface area contributed by atoms with Gasteiger partial charge in [-0.2, -0.15) is 0 Å². The van der Waals surface area contributed by atoms with Crippen LogP contribution in [-0.4, -0.2) is 95.6 Å². The number of nitrogens with zero attached hydrogens (tertiary/aromatic N) is 4. The van der Waals surface area contributed by atoms with E-state index in [4.69, 9.17) is 43.7 Å². The second-order valence-electron chi connectivity index (χ2n) is 18.8. The summed E-state index contributed by atoms with van der Waals surface area (Å²) in [5.74, 6) is 4.36. The molecule has 0 aliphatic heterocycles. The molecule has 4 aromatic carbocycles. The number of aromatic nitrogens is 4. The Kier molecular flexibility index (Phi) is 31.1. The number of ether oxygens (including phenoxy) is 5. The molecule has 0 fully saturated rings. The van der Waals surface area contributed by atoms with Gasteiger partial charge >= 0.3 is 5.97 Å². The van der Waals surface area contributed by atoms with E-state index in [1.165, 1.54) is 11.6 Å². The number of rotatable bonds is 40. The summed E-state index contributed by atoms with van der Waals surface area (Å²) in [6, 6.07) is 31.8. The van der Waals surface area contributed by atoms with Gasteiger partial charge in [0.05, 0.1) is 39.6 Å². The maximum Gasteiger partial charge on any atom is 0.330 e. The molecule has 14 nitrogen and oxygen atoms in total. The summed E-state index contributed by atoms with van der Waals surface area (Å²) >= 11 is 0. The first-order valence-corrected chi connectivity index (χ1v) is 28.0. The van der Waals surface area contributed by atoms with Crippen molar-refractivity contribution < 1.29 is 48.5 Å². The number of unbranched alkanes of at least 4 members (excludes halogenated alkanes) is 12. The molecule has 79 heavy (non-hydrogen) atoms. The predicted octanol–water partition coefficient (Wildman–Crippen LogP) is 13.5. The van der Waals surface area contributed by atoms with Crippen LogP contribution in [0.5, 0.6) is 23.0 Å². The molecule has 0 amide bonds. The number of aliphatic hydroxyl groups is 2. The molecule has 0 aliphatic carbocycles. The zero-order chi connectivity index (χ0) is 55.8. The first kappa shape index (κ1) is 62.6. The summed E-state index contributed by atoms with van der Waals surface area (Å²) in [5, 5.41) is 17.6. The Bertz CT molecular complexity index is 2580. The topological polar surface area (TPSA) is 174 Å². The predicted molar refractivity (Wildman–Crippen MR) is 312 cm³/mol. The fourth-order valence-electron chi connectivity index (χ4n) is 7.94. The van der Waals surface area contributed by atoms with E-state index in [9.17, 15) is 4.79 Å². The largest absolute Gasteiger partial charge is 0.494 e. The zero-order valence-corrected chi connectivity index (χ0v) is 46.2. The monoisotopic (exact) mass is 1080 g/mol. The molecule has 0 saturated carbocycles. The minimum absolute atomic E-state index is 0.266. The second-order valence-corrected chi connectivity index (χ2v) is 18.8. The molecule has 2 aromatic heterocycles. The van der Waals surface area contributed by atoms with Crippen LogP contribution < -0.4 is 18.9 Å². The summed E-state index contributed by atoms with van der Waals surface area (Å²) in [6.07, 6.45) is 26.8. The van der Waals surface area contributed by atoms with Crippen molar-refractivity contribution in [3.8, 4) is 45.8 Å². The number of hydrogen-bond donors (Lipinski definition) is 2. The Hall–Kier alpha value is -7.23. The van der Waals surface area contributed by atoms with Gasteiger partial charge in [0.2, 0.25) is 0 Å². The highest BCUT2D eigenvalue weighted by molar-refractivity contribution is 5.81. The van der Waals surface area contributed by atoms with Crippen LogP contribution in [0, 0.1) is 0 Å². The van der Waals surface area contributed by atoms with E-state index in [1.807, 2.05) is 97.3 Å². The molecule has 2 N–H and O–H groups in total. The summed E-state index contributed by atoms with van der Waals surface area (Å²) in [5.41, 5.74) is 6.82. The maximum atomic E-state index is 11.0. The Morgan fingerprint density at radius 1 is 0.430 bits per heavy atom. The van der Waals surface area contributed by atoms with E-state index in [1.54, 1.807) is 18.5 Å². The molecule has 6 aromatic rings. The Balaban J connectivity index is 0.000000298. The van der Waals surface area contributed by atoms with Crippen molar-refractivity contribution in [1.29, 1.82) is 0 Å². The highest BCUT2D eigenvalue weighted by Crippen LogP contribution is 2.26. The molecule has 14 heteroatoms. The number of hydrogen-bond acceptors (Lipinski definition) is 14. The van der Waals surface area contributed by atoms with Crippen molar-refractivity contribution in [3.05, 3.63) is 176 Å². The van der Waals surface area contributed by atoms with Gasteiger partial charge in [0, 0.05) is 67.2 Å². The van der Waals surface area contributed by atoms with Crippen molar-refractivity contribution in [2.24, 2.45) is 0 Å². The number of benzene rings is 4. The fourth-order valence-corrected chi connectivity index (χ4v) is 7.94. The van der Waals surface area contributed by atoms with Crippen molar-refractivity contribution in [2.75, 3.05) is 59.5 Å². The second kappa shape index (κ2) is 39.2. The van der Waals surface area contributed by atoms with Crippen LogP contribution in [0.2, 0.25) is 0 Å². The molecule has 0 bridgehead atoms. The lowest BCUT2D eigenvalue weighted by Gasteiger charge is -2.10. The lowest BCUT2D eigenvalue weighted by atomic mass is 10.0. The first-order valence-electron chi connectivity index (χ1n) is 28.0. The zero-order valence-electron chi connectivity index (χ0n) is 46.2. The van der Waals surface area contributed by atoms with E-state index in [-0.39, 0.29) is 19.2 Å². The van der Waals surface area contributed by atoms with Crippen LogP contribution in [0.25, 0.3) is 28.3 Å². The molecule has 0 aliphatic rings. The van der Waals surface area contributed by atoms with Gasteiger partial charge in [-0.25, -0.2) is 34.5 Å². The van der Waals surface area contributed by atoms with Crippen molar-refractivity contribution >= 4 is 11.5 Å². The summed E-state index contributed by atoms with van der Waals surface area (Å²) in [6.45, 7) is 15.9. The van der Waals surface area contributed by atoms with Crippen LogP contribution in [0.4, 0.5) is 0 Å². The highest BCUT2D eigenvalue weighted by Gasteiger charge is 2.09. The molecule has 0 unspecified atom stereocenters. The number of carbonyl (C=O) groups excluding carboxylic acids is 1. The molecule has 0 saturated heterocycles. The maximum absolute atomic E-state index is 11.0. The number of carbonyl (C=O) groups is 1. The van der Waals surface area contributed by atoms with Gasteiger partial charge < -0.3 is 33.9 Å². The third kappa shape index (κ3) is 25.9. The lowest BCUT2D eigenvalue weighted by molar-refractivity contribution is -0.286. The van der Waals surface area contributed by atoms with Gasteiger partial charge in [0.15, 0.2) is 11.6 Å². The van der Waals surface area contributed by atoms with E-state index in [0.29, 0.717) is 57.9 Å². The van der Waals surface area contributed by atoms with Crippen molar-refractivity contribution in [2.45, 2.75) is 109 Å². The average Bonchev–Trinajstić information content (AvgIpc) is 3.49. The van der Waals surface area contributed by atoms with Crippen LogP contribution >= 0.6 is 0 Å². The molecule has 0 spiro atoms. The van der Waals surface area contributed by atoms with Crippen molar-refractivity contribution in [1.82, 2.24) is 19.9 Å². The smallest absolute Gasteiger partial charge is 0.330 e. The minimum atomic E-state index is -0.371. The van der Waals surface area contributed by atoms with Crippen LogP contribution in [-0.2, 0) is 25.7 Å². The van der Waals surface area contributed by atoms with E-state index >= 15 is 0 Å². The molecular formula is C65H82N4O10. The van der Waals surface area contributed by atoms with Gasteiger partial charge in [-0.1, -0.05) is 62.8 Å². The average molecular weight is 1080 g/mol. The third-order valence-corrected chi connectivity index (χ3v) is 12.5. The van der Waals surface area contributed by atoms with Gasteiger partial charge in [-0.15, -0.1) is 6.58 Å². The Morgan fingerprint density at radius 3 is 1.25 bits per heavy atom. The van der Waals surface area contributed by atoms with E-state index in [2.05, 4.69) is 51.8 Å². The lowest BCUT2D eigenvalue weighted by Crippen LogP contribution is -2.02. The van der Waals surface area contributed by atoms with Gasteiger partial charge in [0.25, 0.3) is 0 Å². The van der Waals surface area contributed by atoms with Gasteiger partial charge in [0.1, 0.15) is 29.6 Å². The van der Waals surface area contributed by atoms with Crippen molar-refractivity contribution in [3.63, 3.8) is 0 Å². The number of aliphatic hydroxyl groups excluding tert-OH is 2. The van der Waals surface area contributed by atoms with E-state index in [0.717, 1.165) is 166 Å². The first-order chi connectivity index (χ1) is 38.9. The number of esters is 1. The molecule has 2 heterocycles. The van der Waals surface area contributed by atoms with Crippen LogP contribution in [0.1, 0.15) is 125 Å². The molecular weight excluding hydrogens is 997 g/mol. The summed E-state index contributed by atoms with van der Waals surface area (Å²) in [7, 11) is 0. The summed E-state index contributed by atoms with van der Waals surface area (Å²) < 4.78 is 28.3. The molecule has 0 radical (unpaired) electrons. The third-order valence-electron chi connectivity index (χ3n) is 12.5. The Labute approximate surface area is 468 Å². The standard InChI is InChI=1S/C36H44N2O6.C29H38N2O4/c1-4-22-43-44-26-13-9-8-11-24-41-34-20-16-31(17-21-34)36-37-27-32(28-38-36)29(3)30-14-18-33(19-15-30)40-23-10-6-7-12-25-42-35(39)5-2;32-17-5-1-3-7-19-34-27-13-9-24(10-14-27)21-25-22-30-29(31-23-25)26-11-15-28(16-12-26)35-20-8-4-2-6-18-33/h4-5,14-21,27-28H,1-3,6-13,22-26H2;9-16,22-23,32-33H,1-8,17-21H2. The normalized spacial score (nSPS) is 10.8. The summed E-state index contributed by atoms with van der Waals surface area (Å²) in [4.78, 5) is 39.2. The van der Waals surface area contributed by atoms with Crippen LogP contribution in [0.15, 0.2) is 154 Å².